The number of amides is 1. The van der Waals surface area contributed by atoms with Gasteiger partial charge in [-0.05, 0) is 17.7 Å². The Hall–Kier alpha value is -1.79. The van der Waals surface area contributed by atoms with E-state index < -0.39 is 12.0 Å². The molecule has 0 bridgehead atoms. The smallest absolute Gasteiger partial charge is 0.229 e. The first kappa shape index (κ1) is 22.3. The van der Waals surface area contributed by atoms with Crippen molar-refractivity contribution in [3.8, 4) is 5.75 Å². The van der Waals surface area contributed by atoms with Crippen LogP contribution in [0.4, 0.5) is 5.69 Å². The van der Waals surface area contributed by atoms with Crippen LogP contribution in [0.2, 0.25) is 5.02 Å². The molecule has 0 aliphatic rings. The molecule has 1 amide bonds. The predicted molar refractivity (Wildman–Crippen MR) is 107 cm³/mol. The van der Waals surface area contributed by atoms with E-state index in [0.29, 0.717) is 29.7 Å². The Morgan fingerprint density at radius 1 is 1.15 bits per heavy atom. The van der Waals surface area contributed by atoms with E-state index in [1.807, 2.05) is 30.3 Å². The minimum Gasteiger partial charge on any atom is -0.487 e. The van der Waals surface area contributed by atoms with Crippen molar-refractivity contribution < 1.29 is 14.3 Å². The lowest BCUT2D eigenvalue weighted by molar-refractivity contribution is -0.120. The first-order valence-corrected chi connectivity index (χ1v) is 8.44. The lowest BCUT2D eigenvalue weighted by Crippen LogP contribution is -2.30. The zero-order chi connectivity index (χ0) is 18.2. The van der Waals surface area contributed by atoms with Gasteiger partial charge in [-0.25, -0.2) is 0 Å². The van der Waals surface area contributed by atoms with Crippen molar-refractivity contribution in [2.45, 2.75) is 13.0 Å². The Balaban J connectivity index is 0.00000338. The minimum atomic E-state index is -0.423. The molecule has 3 N–H and O–H groups in total. The van der Waals surface area contributed by atoms with E-state index in [0.717, 1.165) is 5.56 Å². The normalized spacial score (nSPS) is 12.6. The third-order valence-electron chi connectivity index (χ3n) is 3.90. The Labute approximate surface area is 165 Å². The summed E-state index contributed by atoms with van der Waals surface area (Å²) in [7, 11) is 1.59. The summed E-state index contributed by atoms with van der Waals surface area (Å²) in [6.07, 6.45) is 0. The van der Waals surface area contributed by atoms with E-state index in [1.165, 1.54) is 0 Å². The summed E-state index contributed by atoms with van der Waals surface area (Å²) in [5, 5.41) is 3.28. The number of nitrogens with one attached hydrogen (secondary N) is 1. The molecule has 5 nitrogen and oxygen atoms in total. The van der Waals surface area contributed by atoms with Crippen LogP contribution >= 0.6 is 24.0 Å². The van der Waals surface area contributed by atoms with Crippen LogP contribution in [0, 0.1) is 5.92 Å². The molecular weight excluding hydrogens is 375 g/mol. The molecule has 2 aromatic carbocycles. The number of hydrogen-bond acceptors (Lipinski definition) is 4. The number of rotatable bonds is 8. The Kier molecular flexibility index (Phi) is 9.44. The third-order valence-corrected chi connectivity index (χ3v) is 4.19. The van der Waals surface area contributed by atoms with Gasteiger partial charge in [0.05, 0.1) is 23.2 Å². The average molecular weight is 399 g/mol. The third kappa shape index (κ3) is 5.88. The molecule has 0 saturated heterocycles. The molecule has 2 aromatic rings. The summed E-state index contributed by atoms with van der Waals surface area (Å²) in [6, 6.07) is 14.3. The average Bonchev–Trinajstić information content (AvgIpc) is 2.63. The van der Waals surface area contributed by atoms with Crippen molar-refractivity contribution in [3.05, 3.63) is 59.1 Å². The Morgan fingerprint density at radius 3 is 2.50 bits per heavy atom. The van der Waals surface area contributed by atoms with Crippen LogP contribution in [0.25, 0.3) is 0 Å². The van der Waals surface area contributed by atoms with Gasteiger partial charge in [-0.3, -0.25) is 4.79 Å². The van der Waals surface area contributed by atoms with E-state index in [9.17, 15) is 4.79 Å². The SMILES string of the molecule is COCCOc1c(Cl)cccc1NC(=O)C(C)C(N)c1ccccc1.Cl. The minimum absolute atomic E-state index is 0. The number of carbonyl (C=O) groups excluding carboxylic acids is 1. The quantitative estimate of drug-likeness (QED) is 0.657. The summed E-state index contributed by atoms with van der Waals surface area (Å²) in [5.41, 5.74) is 7.65. The highest BCUT2D eigenvalue weighted by molar-refractivity contribution is 6.32. The number of hydrogen-bond donors (Lipinski definition) is 2. The molecule has 26 heavy (non-hydrogen) atoms. The Bertz CT molecular complexity index is 698. The van der Waals surface area contributed by atoms with Gasteiger partial charge in [0.25, 0.3) is 0 Å². The van der Waals surface area contributed by atoms with Crippen LogP contribution in [-0.2, 0) is 9.53 Å². The number of methoxy groups -OCH3 is 1. The largest absolute Gasteiger partial charge is 0.487 e. The van der Waals surface area contributed by atoms with Crippen LogP contribution in [0.1, 0.15) is 18.5 Å². The number of anilines is 1. The molecular formula is C19H24Cl2N2O3. The van der Waals surface area contributed by atoms with Gasteiger partial charge in [-0.2, -0.15) is 0 Å². The van der Waals surface area contributed by atoms with Crippen LogP contribution in [0.15, 0.2) is 48.5 Å². The fourth-order valence-electron chi connectivity index (χ4n) is 2.35. The number of halogens is 2. The van der Waals surface area contributed by atoms with Crippen molar-refractivity contribution in [1.29, 1.82) is 0 Å². The van der Waals surface area contributed by atoms with Gasteiger partial charge >= 0.3 is 0 Å². The van der Waals surface area contributed by atoms with E-state index in [1.54, 1.807) is 32.2 Å². The van der Waals surface area contributed by atoms with Crippen molar-refractivity contribution in [2.24, 2.45) is 11.7 Å². The number of ether oxygens (including phenoxy) is 2. The maximum atomic E-state index is 12.6. The molecule has 0 heterocycles. The molecule has 0 aliphatic carbocycles. The molecule has 0 spiro atoms. The van der Waals surface area contributed by atoms with Crippen LogP contribution in [0.5, 0.6) is 5.75 Å². The molecule has 0 saturated carbocycles. The zero-order valence-corrected chi connectivity index (χ0v) is 16.3. The second-order valence-electron chi connectivity index (χ2n) is 5.67. The molecule has 0 fully saturated rings. The molecule has 7 heteroatoms. The molecule has 0 aliphatic heterocycles. The molecule has 2 rings (SSSR count). The van der Waals surface area contributed by atoms with Crippen molar-refractivity contribution in [2.75, 3.05) is 25.6 Å². The van der Waals surface area contributed by atoms with Crippen molar-refractivity contribution in [1.82, 2.24) is 0 Å². The lowest BCUT2D eigenvalue weighted by Gasteiger charge is -2.21. The van der Waals surface area contributed by atoms with Gasteiger partial charge in [-0.1, -0.05) is 54.9 Å². The lowest BCUT2D eigenvalue weighted by atomic mass is 9.94. The predicted octanol–water partition coefficient (Wildman–Crippen LogP) is 4.06. The van der Waals surface area contributed by atoms with Gasteiger partial charge in [0, 0.05) is 13.2 Å². The second-order valence-corrected chi connectivity index (χ2v) is 6.08. The van der Waals surface area contributed by atoms with Gasteiger partial charge in [0.1, 0.15) is 6.61 Å². The first-order valence-electron chi connectivity index (χ1n) is 8.06. The molecule has 0 radical (unpaired) electrons. The maximum absolute atomic E-state index is 12.6. The molecule has 0 aromatic heterocycles. The van der Waals surface area contributed by atoms with Crippen molar-refractivity contribution >= 4 is 35.6 Å². The summed E-state index contributed by atoms with van der Waals surface area (Å²) in [6.45, 7) is 2.55. The highest BCUT2D eigenvalue weighted by Gasteiger charge is 2.23. The molecule has 2 unspecified atom stereocenters. The number of para-hydroxylation sites is 1. The standard InChI is InChI=1S/C19H23ClN2O3.ClH/c1-13(17(21)14-7-4-3-5-8-14)19(23)22-16-10-6-9-15(20)18(16)25-12-11-24-2;/h3-10,13,17H,11-12,21H2,1-2H3,(H,22,23);1H. The maximum Gasteiger partial charge on any atom is 0.229 e. The summed E-state index contributed by atoms with van der Waals surface area (Å²) in [4.78, 5) is 12.6. The van der Waals surface area contributed by atoms with Gasteiger partial charge < -0.3 is 20.5 Å². The second kappa shape index (κ2) is 11.0. The van der Waals surface area contributed by atoms with Gasteiger partial charge in [0.2, 0.25) is 5.91 Å². The topological polar surface area (TPSA) is 73.6 Å². The first-order chi connectivity index (χ1) is 12.0. The van der Waals surface area contributed by atoms with Crippen LogP contribution < -0.4 is 15.8 Å². The fourth-order valence-corrected chi connectivity index (χ4v) is 2.58. The summed E-state index contributed by atoms with van der Waals surface area (Å²) < 4.78 is 10.6. The number of nitrogens with two attached hydrogens (primary N) is 1. The number of benzene rings is 2. The van der Waals surface area contributed by atoms with Crippen molar-refractivity contribution in [3.63, 3.8) is 0 Å². The van der Waals surface area contributed by atoms with Gasteiger partial charge in [-0.15, -0.1) is 12.4 Å². The monoisotopic (exact) mass is 398 g/mol. The highest BCUT2D eigenvalue weighted by Crippen LogP contribution is 2.33. The van der Waals surface area contributed by atoms with E-state index in [4.69, 9.17) is 26.8 Å². The van der Waals surface area contributed by atoms with E-state index in [2.05, 4.69) is 5.32 Å². The molecule has 2 atom stereocenters. The molecule has 142 valence electrons. The van der Waals surface area contributed by atoms with Crippen LogP contribution in [-0.4, -0.2) is 26.2 Å². The summed E-state index contributed by atoms with van der Waals surface area (Å²) >= 11 is 6.19. The van der Waals surface area contributed by atoms with E-state index >= 15 is 0 Å². The van der Waals surface area contributed by atoms with E-state index in [-0.39, 0.29) is 18.3 Å². The summed E-state index contributed by atoms with van der Waals surface area (Å²) in [5.74, 6) is -0.196. The highest BCUT2D eigenvalue weighted by atomic mass is 35.5. The zero-order valence-electron chi connectivity index (χ0n) is 14.8. The fraction of sp³-hybridized carbons (Fsp3) is 0.316. The Morgan fingerprint density at radius 2 is 1.85 bits per heavy atom. The van der Waals surface area contributed by atoms with Gasteiger partial charge in [0.15, 0.2) is 5.75 Å². The number of carbonyl (C=O) groups is 1. The van der Waals surface area contributed by atoms with Crippen LogP contribution in [0.3, 0.4) is 0 Å².